The molecule has 0 aliphatic heterocycles. The van der Waals surface area contributed by atoms with Crippen molar-refractivity contribution in [3.8, 4) is 11.1 Å². The van der Waals surface area contributed by atoms with Crippen LogP contribution in [0.2, 0.25) is 0 Å². The molecule has 16 nitrogen and oxygen atoms in total. The van der Waals surface area contributed by atoms with E-state index in [1.54, 1.807) is 30.4 Å². The number of anilines is 3. The van der Waals surface area contributed by atoms with Gasteiger partial charge in [0.05, 0.1) is 23.8 Å². The average Bonchev–Trinajstić information content (AvgIpc) is 3.27. The second kappa shape index (κ2) is 14.9. The van der Waals surface area contributed by atoms with Gasteiger partial charge in [0.2, 0.25) is 0 Å². The predicted octanol–water partition coefficient (Wildman–Crippen LogP) is 2.77. The third-order valence-electron chi connectivity index (χ3n) is 4.93. The number of alkyl halides is 3. The van der Waals surface area contributed by atoms with E-state index in [0.717, 1.165) is 16.9 Å². The molecule has 4 rings (SSSR count). The molecule has 0 fully saturated rings. The number of fused-ring (bicyclic) bond motifs is 1. The number of benzene rings is 1. The van der Waals surface area contributed by atoms with Crippen LogP contribution in [0.1, 0.15) is 16.1 Å². The maximum atomic E-state index is 15.0. The van der Waals surface area contributed by atoms with Gasteiger partial charge in [-0.3, -0.25) is 19.2 Å². The highest BCUT2D eigenvalue weighted by molar-refractivity contribution is 7.85. The number of hydrogen-bond acceptors (Lipinski definition) is 10. The minimum absolute atomic E-state index is 0.0200. The number of pyridine rings is 1. The fraction of sp³-hybridized carbons (Fsp3) is 0.208. The summed E-state index contributed by atoms with van der Waals surface area (Å²) in [6.07, 6.45) is -0.943. The van der Waals surface area contributed by atoms with E-state index in [4.69, 9.17) is 14.8 Å². The predicted molar refractivity (Wildman–Crippen MR) is 158 cm³/mol. The Morgan fingerprint density at radius 3 is 2.17 bits per heavy atom. The van der Waals surface area contributed by atoms with Crippen molar-refractivity contribution in [2.45, 2.75) is 13.1 Å². The van der Waals surface area contributed by atoms with E-state index in [0.29, 0.717) is 18.2 Å². The van der Waals surface area contributed by atoms with E-state index in [-0.39, 0.29) is 39.5 Å². The second-order valence-electron chi connectivity index (χ2n) is 9.06. The van der Waals surface area contributed by atoms with Crippen LogP contribution in [-0.4, -0.2) is 82.7 Å². The number of amides is 3. The summed E-state index contributed by atoms with van der Waals surface area (Å²) in [5.74, 6) is -1.77. The molecule has 0 saturated heterocycles. The van der Waals surface area contributed by atoms with E-state index in [2.05, 4.69) is 25.7 Å². The molecular formula is C24H26F4N8O8S2. The van der Waals surface area contributed by atoms with Gasteiger partial charge in [-0.1, -0.05) is 12.1 Å². The van der Waals surface area contributed by atoms with Gasteiger partial charge in [-0.05, 0) is 36.8 Å². The number of urea groups is 1. The highest BCUT2D eigenvalue weighted by atomic mass is 32.2. The highest BCUT2D eigenvalue weighted by Crippen LogP contribution is 2.34. The molecule has 0 saturated carbocycles. The number of nitrogens with one attached hydrogen (secondary N) is 3. The molecule has 22 heteroatoms. The number of aryl methyl sites for hydroxylation is 1. The molecule has 0 bridgehead atoms. The number of hydrogen-bond donors (Lipinski definition) is 6. The molecule has 7 N–H and O–H groups in total. The largest absolute Gasteiger partial charge is 0.405 e. The number of carbonyl (C=O) groups excluding carboxylic acids is 2. The van der Waals surface area contributed by atoms with Gasteiger partial charge in [0.15, 0.2) is 5.82 Å². The summed E-state index contributed by atoms with van der Waals surface area (Å²) in [6.45, 7) is 0.170. The summed E-state index contributed by atoms with van der Waals surface area (Å²) in [6, 6.07) is 7.83. The Labute approximate surface area is 258 Å². The van der Waals surface area contributed by atoms with Crippen molar-refractivity contribution in [3.63, 3.8) is 0 Å². The minimum Gasteiger partial charge on any atom is -0.382 e. The van der Waals surface area contributed by atoms with Crippen LogP contribution in [0.5, 0.6) is 0 Å². The Hall–Kier alpha value is -4.93. The van der Waals surface area contributed by atoms with Crippen LogP contribution in [0, 0.1) is 12.7 Å². The second-order valence-corrected chi connectivity index (χ2v) is 12.0. The van der Waals surface area contributed by atoms with Crippen molar-refractivity contribution in [3.05, 3.63) is 66.0 Å². The van der Waals surface area contributed by atoms with Crippen LogP contribution >= 0.6 is 0 Å². The van der Waals surface area contributed by atoms with Crippen molar-refractivity contribution in [1.29, 1.82) is 0 Å². The molecule has 0 spiro atoms. The van der Waals surface area contributed by atoms with Gasteiger partial charge in [0.1, 0.15) is 30.0 Å². The summed E-state index contributed by atoms with van der Waals surface area (Å²) >= 11 is 0. The third-order valence-corrected chi connectivity index (χ3v) is 4.93. The zero-order chi connectivity index (χ0) is 35.0. The molecule has 4 aromatic rings. The van der Waals surface area contributed by atoms with Gasteiger partial charge in [-0.2, -0.15) is 35.1 Å². The lowest BCUT2D eigenvalue weighted by Crippen LogP contribution is -2.33. The number of nitrogen functional groups attached to an aromatic ring is 1. The van der Waals surface area contributed by atoms with Gasteiger partial charge < -0.3 is 16.4 Å². The maximum absolute atomic E-state index is 15.0. The van der Waals surface area contributed by atoms with E-state index in [1.807, 2.05) is 0 Å². The fourth-order valence-corrected chi connectivity index (χ4v) is 3.43. The summed E-state index contributed by atoms with van der Waals surface area (Å²) in [4.78, 5) is 32.8. The smallest absolute Gasteiger partial charge is 0.382 e. The molecule has 0 radical (unpaired) electrons. The van der Waals surface area contributed by atoms with E-state index in [1.165, 1.54) is 18.3 Å². The Bertz CT molecular complexity index is 1910. The molecule has 1 aromatic carbocycles. The first kappa shape index (κ1) is 37.3. The van der Waals surface area contributed by atoms with Crippen LogP contribution in [0.4, 0.5) is 39.7 Å². The van der Waals surface area contributed by atoms with Crippen LogP contribution in [0.15, 0.2) is 48.9 Å². The first-order chi connectivity index (χ1) is 21.0. The molecule has 250 valence electrons. The quantitative estimate of drug-likeness (QED) is 0.130. The SMILES string of the molecule is CS(=O)(=O)O.CS(=O)(=O)O.Cc1cccc(NC(=O)Nc2ccc(-c3c(C(=O)NCC(F)(F)F)cn4ncnc(N)c34)cc2F)n1. The molecular weight excluding hydrogens is 668 g/mol. The first-order valence-electron chi connectivity index (χ1n) is 12.1. The van der Waals surface area contributed by atoms with Gasteiger partial charge >= 0.3 is 12.2 Å². The van der Waals surface area contributed by atoms with Crippen molar-refractivity contribution in [1.82, 2.24) is 24.9 Å². The zero-order valence-electron chi connectivity index (χ0n) is 23.9. The number of nitrogens with zero attached hydrogens (tertiary/aromatic N) is 4. The molecule has 3 amide bonds. The van der Waals surface area contributed by atoms with Crippen molar-refractivity contribution in [2.24, 2.45) is 0 Å². The lowest BCUT2D eigenvalue weighted by Gasteiger charge is -2.11. The lowest BCUT2D eigenvalue weighted by atomic mass is 10.0. The van der Waals surface area contributed by atoms with Gasteiger partial charge in [0.25, 0.3) is 26.1 Å². The molecule has 0 aliphatic carbocycles. The Balaban J connectivity index is 0.000000642. The van der Waals surface area contributed by atoms with E-state index in [9.17, 15) is 44.0 Å². The van der Waals surface area contributed by atoms with Crippen LogP contribution in [-0.2, 0) is 20.2 Å². The van der Waals surface area contributed by atoms with Crippen molar-refractivity contribution < 1.29 is 53.1 Å². The monoisotopic (exact) mass is 694 g/mol. The van der Waals surface area contributed by atoms with Gasteiger partial charge in [-0.25, -0.2) is 23.7 Å². The molecule has 3 heterocycles. The summed E-state index contributed by atoms with van der Waals surface area (Å²) in [5, 5.41) is 10.5. The number of carbonyl (C=O) groups is 2. The topological polar surface area (TPSA) is 248 Å². The van der Waals surface area contributed by atoms with Gasteiger partial charge in [-0.15, -0.1) is 0 Å². The molecule has 3 aromatic heterocycles. The number of halogens is 4. The Morgan fingerprint density at radius 1 is 1.02 bits per heavy atom. The number of rotatable bonds is 5. The highest BCUT2D eigenvalue weighted by Gasteiger charge is 2.30. The molecule has 0 atom stereocenters. The lowest BCUT2D eigenvalue weighted by molar-refractivity contribution is -0.123. The van der Waals surface area contributed by atoms with Crippen LogP contribution < -0.4 is 21.7 Å². The summed E-state index contributed by atoms with van der Waals surface area (Å²) in [5.41, 5.74) is 6.38. The summed E-state index contributed by atoms with van der Waals surface area (Å²) in [7, 11) is -7.33. The third kappa shape index (κ3) is 13.0. The first-order valence-corrected chi connectivity index (χ1v) is 15.8. The number of aromatic nitrogens is 4. The number of nitrogens with two attached hydrogens (primary N) is 1. The van der Waals surface area contributed by atoms with Gasteiger partial charge in [0, 0.05) is 17.5 Å². The Kier molecular flexibility index (Phi) is 12.1. The average molecular weight is 695 g/mol. The van der Waals surface area contributed by atoms with Crippen molar-refractivity contribution >= 4 is 55.0 Å². The maximum Gasteiger partial charge on any atom is 0.405 e. The van der Waals surface area contributed by atoms with Crippen LogP contribution in [0.25, 0.3) is 16.6 Å². The molecule has 0 aliphatic rings. The van der Waals surface area contributed by atoms with E-state index >= 15 is 0 Å². The van der Waals surface area contributed by atoms with Crippen LogP contribution in [0.3, 0.4) is 0 Å². The minimum atomic E-state index is -4.64. The zero-order valence-corrected chi connectivity index (χ0v) is 25.5. The normalized spacial score (nSPS) is 11.4. The standard InChI is InChI=1S/C22H18F4N8O2.2CH4O3S/c1-11-3-2-4-16(31-11)33-21(36)32-15-6-5-12(7-14(15)23)17-13(20(35)28-9-22(24,25)26)8-34-18(17)19(27)29-10-30-34;2*1-5(2,3)4/h2-8,10H,9H2,1H3,(H,28,35)(H2,27,29,30)(H2,31,32,33,36);2*1H3,(H,2,3,4). The fourth-order valence-electron chi connectivity index (χ4n) is 3.43. The molecule has 0 unspecified atom stereocenters. The molecule has 46 heavy (non-hydrogen) atoms. The summed E-state index contributed by atoms with van der Waals surface area (Å²) < 4.78 is 106. The van der Waals surface area contributed by atoms with E-state index < -0.39 is 50.7 Å². The Morgan fingerprint density at radius 2 is 1.63 bits per heavy atom. The van der Waals surface area contributed by atoms with Crippen molar-refractivity contribution in [2.75, 3.05) is 35.4 Å².